The molecule has 0 bridgehead atoms. The molecule has 1 aliphatic heterocycles. The number of halogens is 1. The molecule has 1 aromatic rings. The van der Waals surface area contributed by atoms with E-state index in [0.717, 1.165) is 12.8 Å². The van der Waals surface area contributed by atoms with Crippen molar-refractivity contribution in [3.8, 4) is 5.75 Å². The van der Waals surface area contributed by atoms with Crippen molar-refractivity contribution in [3.05, 3.63) is 30.1 Å². The Morgan fingerprint density at radius 1 is 1.45 bits per heavy atom. The van der Waals surface area contributed by atoms with E-state index in [-0.39, 0.29) is 24.4 Å². The quantitative estimate of drug-likeness (QED) is 0.918. The Bertz CT molecular complexity index is 473. The lowest BCUT2D eigenvalue weighted by Gasteiger charge is -2.32. The normalized spacial score (nSPS) is 19.2. The van der Waals surface area contributed by atoms with Gasteiger partial charge in [0.25, 0.3) is 5.91 Å². The number of hydrogen-bond donors (Lipinski definition) is 1. The molecule has 0 radical (unpaired) electrons. The van der Waals surface area contributed by atoms with E-state index in [4.69, 9.17) is 4.74 Å². The molecule has 0 aromatic heterocycles. The highest BCUT2D eigenvalue weighted by Crippen LogP contribution is 2.25. The van der Waals surface area contributed by atoms with E-state index in [2.05, 4.69) is 0 Å². The maximum Gasteiger partial charge on any atom is 0.266 e. The number of benzene rings is 1. The summed E-state index contributed by atoms with van der Waals surface area (Å²) in [5.41, 5.74) is -1.05. The van der Waals surface area contributed by atoms with Gasteiger partial charge in [0.1, 0.15) is 11.6 Å². The molecule has 0 unspecified atom stereocenters. The molecular formula is C15H20FNO3. The molecule has 1 aromatic carbocycles. The van der Waals surface area contributed by atoms with Crippen LogP contribution in [0.1, 0.15) is 26.7 Å². The van der Waals surface area contributed by atoms with Crippen molar-refractivity contribution in [1.82, 2.24) is 4.90 Å². The zero-order valence-corrected chi connectivity index (χ0v) is 11.8. The van der Waals surface area contributed by atoms with E-state index in [1.807, 2.05) is 0 Å². The van der Waals surface area contributed by atoms with Crippen LogP contribution in [0, 0.1) is 5.82 Å². The minimum atomic E-state index is -1.05. The average Bonchev–Trinajstić information content (AvgIpc) is 2.88. The molecule has 5 heteroatoms. The number of aliphatic hydroxyl groups excluding tert-OH is 1. The molecule has 1 atom stereocenters. The number of likely N-dealkylation sites (tertiary alicyclic amines) is 1. The lowest BCUT2D eigenvalue weighted by Crippen LogP contribution is -2.51. The summed E-state index contributed by atoms with van der Waals surface area (Å²) >= 11 is 0. The lowest BCUT2D eigenvalue weighted by atomic mass is 10.1. The zero-order valence-electron chi connectivity index (χ0n) is 11.8. The van der Waals surface area contributed by atoms with Gasteiger partial charge in [-0.3, -0.25) is 4.79 Å². The van der Waals surface area contributed by atoms with Gasteiger partial charge in [0.05, 0.1) is 12.6 Å². The first-order valence-electron chi connectivity index (χ1n) is 6.80. The summed E-state index contributed by atoms with van der Waals surface area (Å²) in [6, 6.07) is 5.46. The number of carbonyl (C=O) groups is 1. The molecule has 4 nitrogen and oxygen atoms in total. The van der Waals surface area contributed by atoms with E-state index in [1.54, 1.807) is 18.7 Å². The average molecular weight is 281 g/mol. The molecule has 110 valence electrons. The van der Waals surface area contributed by atoms with Crippen LogP contribution >= 0.6 is 0 Å². The van der Waals surface area contributed by atoms with E-state index in [1.165, 1.54) is 24.3 Å². The van der Waals surface area contributed by atoms with Gasteiger partial charge in [0, 0.05) is 6.54 Å². The summed E-state index contributed by atoms with van der Waals surface area (Å²) in [4.78, 5) is 14.2. The summed E-state index contributed by atoms with van der Waals surface area (Å²) in [6.45, 7) is 3.98. The van der Waals surface area contributed by atoms with Gasteiger partial charge < -0.3 is 14.7 Å². The van der Waals surface area contributed by atoms with Crippen molar-refractivity contribution < 1.29 is 19.0 Å². The molecule has 2 rings (SSSR count). The molecule has 0 saturated carbocycles. The number of rotatable bonds is 4. The number of ether oxygens (including phenoxy) is 1. The standard InChI is InChI=1S/C15H20FNO3/c1-15(2,20-13-7-5-11(16)6-8-13)14(19)17-9-3-4-12(17)10-18/h5-8,12,18H,3-4,9-10H2,1-2H3/t12-/m0/s1. The van der Waals surface area contributed by atoms with Gasteiger partial charge in [-0.15, -0.1) is 0 Å². The van der Waals surface area contributed by atoms with Crippen LogP contribution in [0.5, 0.6) is 5.75 Å². The molecule has 0 spiro atoms. The third kappa shape index (κ3) is 3.10. The second kappa shape index (κ2) is 5.79. The number of nitrogens with zero attached hydrogens (tertiary/aromatic N) is 1. The second-order valence-corrected chi connectivity index (χ2v) is 5.54. The summed E-state index contributed by atoms with van der Waals surface area (Å²) in [7, 11) is 0. The van der Waals surface area contributed by atoms with Gasteiger partial charge in [0.2, 0.25) is 0 Å². The largest absolute Gasteiger partial charge is 0.478 e. The monoisotopic (exact) mass is 281 g/mol. The third-order valence-corrected chi connectivity index (χ3v) is 3.55. The predicted molar refractivity (Wildman–Crippen MR) is 72.9 cm³/mol. The fourth-order valence-electron chi connectivity index (χ4n) is 2.48. The van der Waals surface area contributed by atoms with Crippen LogP contribution in [0.25, 0.3) is 0 Å². The van der Waals surface area contributed by atoms with Crippen molar-refractivity contribution in [2.75, 3.05) is 13.2 Å². The molecule has 0 aliphatic carbocycles. The minimum absolute atomic E-state index is 0.0294. The van der Waals surface area contributed by atoms with Crippen LogP contribution in [0.4, 0.5) is 4.39 Å². The van der Waals surface area contributed by atoms with Crippen molar-refractivity contribution in [2.24, 2.45) is 0 Å². The second-order valence-electron chi connectivity index (χ2n) is 5.54. The van der Waals surface area contributed by atoms with Crippen LogP contribution in [0.3, 0.4) is 0 Å². The Morgan fingerprint density at radius 2 is 2.10 bits per heavy atom. The van der Waals surface area contributed by atoms with Crippen LogP contribution in [0.15, 0.2) is 24.3 Å². The third-order valence-electron chi connectivity index (χ3n) is 3.55. The number of aliphatic hydroxyl groups is 1. The van der Waals surface area contributed by atoms with Crippen molar-refractivity contribution in [2.45, 2.75) is 38.3 Å². The fraction of sp³-hybridized carbons (Fsp3) is 0.533. The van der Waals surface area contributed by atoms with Crippen molar-refractivity contribution in [3.63, 3.8) is 0 Å². The van der Waals surface area contributed by atoms with Crippen LogP contribution < -0.4 is 4.74 Å². The molecule has 1 N–H and O–H groups in total. The Kier molecular flexibility index (Phi) is 4.28. The van der Waals surface area contributed by atoms with Gasteiger partial charge in [-0.1, -0.05) is 0 Å². The highest BCUT2D eigenvalue weighted by atomic mass is 19.1. The molecule has 1 fully saturated rings. The van der Waals surface area contributed by atoms with Gasteiger partial charge >= 0.3 is 0 Å². The van der Waals surface area contributed by atoms with Gasteiger partial charge in [-0.2, -0.15) is 0 Å². The molecular weight excluding hydrogens is 261 g/mol. The van der Waals surface area contributed by atoms with Gasteiger partial charge in [-0.25, -0.2) is 4.39 Å². The first-order chi connectivity index (χ1) is 9.44. The highest BCUT2D eigenvalue weighted by Gasteiger charge is 2.39. The van der Waals surface area contributed by atoms with Crippen LogP contribution in [-0.4, -0.2) is 40.7 Å². The van der Waals surface area contributed by atoms with Gasteiger partial charge in [-0.05, 0) is 51.0 Å². The maximum absolute atomic E-state index is 12.9. The SMILES string of the molecule is CC(C)(Oc1ccc(F)cc1)C(=O)N1CCC[C@H]1CO. The molecule has 1 saturated heterocycles. The summed E-state index contributed by atoms with van der Waals surface area (Å²) < 4.78 is 18.5. The summed E-state index contributed by atoms with van der Waals surface area (Å²) in [5, 5.41) is 9.29. The minimum Gasteiger partial charge on any atom is -0.478 e. The summed E-state index contributed by atoms with van der Waals surface area (Å²) in [6.07, 6.45) is 1.71. The number of amides is 1. The predicted octanol–water partition coefficient (Wildman–Crippen LogP) is 1.97. The smallest absolute Gasteiger partial charge is 0.266 e. The zero-order chi connectivity index (χ0) is 14.8. The van der Waals surface area contributed by atoms with E-state index in [0.29, 0.717) is 12.3 Å². The maximum atomic E-state index is 12.9. The van der Waals surface area contributed by atoms with E-state index < -0.39 is 5.60 Å². The topological polar surface area (TPSA) is 49.8 Å². The van der Waals surface area contributed by atoms with E-state index >= 15 is 0 Å². The Balaban J connectivity index is 2.09. The Morgan fingerprint density at radius 3 is 2.70 bits per heavy atom. The highest BCUT2D eigenvalue weighted by molar-refractivity contribution is 5.85. The number of carbonyl (C=O) groups excluding carboxylic acids is 1. The van der Waals surface area contributed by atoms with Crippen LogP contribution in [-0.2, 0) is 4.79 Å². The Hall–Kier alpha value is -1.62. The van der Waals surface area contributed by atoms with Crippen molar-refractivity contribution >= 4 is 5.91 Å². The first kappa shape index (κ1) is 14.8. The van der Waals surface area contributed by atoms with Gasteiger partial charge in [0.15, 0.2) is 5.60 Å². The van der Waals surface area contributed by atoms with E-state index in [9.17, 15) is 14.3 Å². The first-order valence-corrected chi connectivity index (χ1v) is 6.80. The Labute approximate surface area is 118 Å². The molecule has 1 aliphatic rings. The van der Waals surface area contributed by atoms with Crippen LogP contribution in [0.2, 0.25) is 0 Å². The summed E-state index contributed by atoms with van der Waals surface area (Å²) in [5.74, 6) is -0.0516. The fourth-order valence-corrected chi connectivity index (χ4v) is 2.48. The molecule has 1 amide bonds. The lowest BCUT2D eigenvalue weighted by molar-refractivity contribution is -0.147. The number of hydrogen-bond acceptors (Lipinski definition) is 3. The molecule has 1 heterocycles. The molecule has 20 heavy (non-hydrogen) atoms. The van der Waals surface area contributed by atoms with Crippen molar-refractivity contribution in [1.29, 1.82) is 0 Å².